The fourth-order valence-corrected chi connectivity index (χ4v) is 2.70. The van der Waals surface area contributed by atoms with Gasteiger partial charge in [-0.3, -0.25) is 9.89 Å². The summed E-state index contributed by atoms with van der Waals surface area (Å²) < 4.78 is 4.84. The normalized spacial score (nSPS) is 12.3. The molecule has 0 saturated heterocycles. The van der Waals surface area contributed by atoms with Gasteiger partial charge in [0.15, 0.2) is 6.04 Å². The molecule has 1 unspecified atom stereocenters. The summed E-state index contributed by atoms with van der Waals surface area (Å²) in [6.07, 6.45) is 3.06. The molecular weight excluding hydrogens is 342 g/mol. The summed E-state index contributed by atoms with van der Waals surface area (Å²) in [5, 5.41) is 9.55. The fourth-order valence-electron chi connectivity index (χ4n) is 2.70. The van der Waals surface area contributed by atoms with Gasteiger partial charge in [0, 0.05) is 17.8 Å². The number of esters is 1. The van der Waals surface area contributed by atoms with Crippen molar-refractivity contribution in [3.8, 4) is 0 Å². The first-order chi connectivity index (χ1) is 13.2. The molecule has 0 aliphatic rings. The van der Waals surface area contributed by atoms with Crippen LogP contribution < -0.4 is 5.32 Å². The van der Waals surface area contributed by atoms with E-state index in [2.05, 4.69) is 15.5 Å². The summed E-state index contributed by atoms with van der Waals surface area (Å²) in [4.78, 5) is 24.9. The van der Waals surface area contributed by atoms with E-state index in [1.807, 2.05) is 36.4 Å². The van der Waals surface area contributed by atoms with Crippen molar-refractivity contribution in [2.45, 2.75) is 6.04 Å². The number of nitrogens with zero attached hydrogens (tertiary/aromatic N) is 1. The van der Waals surface area contributed by atoms with Gasteiger partial charge in [0.25, 0.3) is 0 Å². The monoisotopic (exact) mass is 361 g/mol. The first-order valence-electron chi connectivity index (χ1n) is 8.39. The summed E-state index contributed by atoms with van der Waals surface area (Å²) in [6, 6.07) is 19.3. The Balaban J connectivity index is 1.91. The SMILES string of the molecule is COC(=O)C(NC(=O)C=C(c1ccccc1)c1ccn[nH]1)c1ccccc1. The molecule has 3 aromatic rings. The Hall–Kier alpha value is -3.67. The molecule has 0 fully saturated rings. The molecule has 136 valence electrons. The maximum Gasteiger partial charge on any atom is 0.333 e. The lowest BCUT2D eigenvalue weighted by atomic mass is 10.0. The number of methoxy groups -OCH3 is 1. The molecular formula is C21H19N3O3. The molecule has 0 bridgehead atoms. The highest BCUT2D eigenvalue weighted by Gasteiger charge is 2.23. The van der Waals surface area contributed by atoms with Crippen molar-refractivity contribution in [3.63, 3.8) is 0 Å². The number of benzene rings is 2. The largest absolute Gasteiger partial charge is 0.467 e. The summed E-state index contributed by atoms with van der Waals surface area (Å²) in [6.45, 7) is 0. The van der Waals surface area contributed by atoms with Crippen molar-refractivity contribution in [1.29, 1.82) is 0 Å². The molecule has 1 aromatic heterocycles. The van der Waals surface area contributed by atoms with Crippen molar-refractivity contribution in [1.82, 2.24) is 15.5 Å². The Morgan fingerprint density at radius 1 is 1.04 bits per heavy atom. The molecule has 1 heterocycles. The van der Waals surface area contributed by atoms with Crippen molar-refractivity contribution < 1.29 is 14.3 Å². The zero-order valence-corrected chi connectivity index (χ0v) is 14.8. The van der Waals surface area contributed by atoms with Crippen LogP contribution in [0, 0.1) is 0 Å². The van der Waals surface area contributed by atoms with E-state index in [0.717, 1.165) is 5.56 Å². The highest BCUT2D eigenvalue weighted by atomic mass is 16.5. The number of carbonyl (C=O) groups is 2. The van der Waals surface area contributed by atoms with Gasteiger partial charge in [-0.2, -0.15) is 5.10 Å². The lowest BCUT2D eigenvalue weighted by molar-refractivity contribution is -0.144. The quantitative estimate of drug-likeness (QED) is 0.522. The number of hydrogen-bond acceptors (Lipinski definition) is 4. The van der Waals surface area contributed by atoms with E-state index in [9.17, 15) is 9.59 Å². The van der Waals surface area contributed by atoms with Crippen LogP contribution in [0.15, 0.2) is 79.0 Å². The number of amides is 1. The predicted molar refractivity (Wildman–Crippen MR) is 101 cm³/mol. The van der Waals surface area contributed by atoms with Gasteiger partial charge in [-0.1, -0.05) is 60.7 Å². The Morgan fingerprint density at radius 3 is 2.30 bits per heavy atom. The van der Waals surface area contributed by atoms with E-state index < -0.39 is 17.9 Å². The Labute approximate surface area is 156 Å². The Bertz CT molecular complexity index is 920. The maximum atomic E-state index is 12.7. The third-order valence-electron chi connectivity index (χ3n) is 4.01. The third-order valence-corrected chi connectivity index (χ3v) is 4.01. The number of H-pyrrole nitrogens is 1. The highest BCUT2D eigenvalue weighted by Crippen LogP contribution is 2.21. The molecule has 0 aliphatic carbocycles. The van der Waals surface area contributed by atoms with Crippen molar-refractivity contribution in [2.24, 2.45) is 0 Å². The fraction of sp³-hybridized carbons (Fsp3) is 0.0952. The van der Waals surface area contributed by atoms with Gasteiger partial charge >= 0.3 is 5.97 Å². The van der Waals surface area contributed by atoms with Gasteiger partial charge in [0.05, 0.1) is 12.8 Å². The number of aromatic nitrogens is 2. The minimum Gasteiger partial charge on any atom is -0.467 e. The molecule has 27 heavy (non-hydrogen) atoms. The predicted octanol–water partition coefficient (Wildman–Crippen LogP) is 2.87. The Morgan fingerprint density at radius 2 is 1.70 bits per heavy atom. The number of aromatic amines is 1. The van der Waals surface area contributed by atoms with E-state index in [0.29, 0.717) is 16.8 Å². The van der Waals surface area contributed by atoms with E-state index in [1.165, 1.54) is 13.2 Å². The zero-order chi connectivity index (χ0) is 19.1. The number of rotatable bonds is 6. The van der Waals surface area contributed by atoms with Crippen LogP contribution in [0.25, 0.3) is 5.57 Å². The van der Waals surface area contributed by atoms with Gasteiger partial charge in [-0.05, 0) is 17.2 Å². The van der Waals surface area contributed by atoms with Gasteiger partial charge in [-0.25, -0.2) is 4.79 Å². The van der Waals surface area contributed by atoms with Crippen LogP contribution in [0.5, 0.6) is 0 Å². The van der Waals surface area contributed by atoms with Crippen molar-refractivity contribution in [3.05, 3.63) is 95.8 Å². The molecule has 2 aromatic carbocycles. The second-order valence-corrected chi connectivity index (χ2v) is 5.77. The van der Waals surface area contributed by atoms with E-state index >= 15 is 0 Å². The number of nitrogens with one attached hydrogen (secondary N) is 2. The van der Waals surface area contributed by atoms with Crippen LogP contribution in [-0.4, -0.2) is 29.2 Å². The molecule has 0 spiro atoms. The van der Waals surface area contributed by atoms with Gasteiger partial charge in [0.1, 0.15) is 0 Å². The summed E-state index contributed by atoms with van der Waals surface area (Å²) >= 11 is 0. The summed E-state index contributed by atoms with van der Waals surface area (Å²) in [5.41, 5.74) is 2.87. The average Bonchev–Trinajstić information content (AvgIpc) is 3.25. The third kappa shape index (κ3) is 4.49. The van der Waals surface area contributed by atoms with Crippen LogP contribution in [0.1, 0.15) is 22.9 Å². The van der Waals surface area contributed by atoms with Gasteiger partial charge < -0.3 is 10.1 Å². The number of ether oxygens (including phenoxy) is 1. The van der Waals surface area contributed by atoms with E-state index in [-0.39, 0.29) is 0 Å². The lowest BCUT2D eigenvalue weighted by Gasteiger charge is -2.16. The van der Waals surface area contributed by atoms with Crippen LogP contribution in [0.2, 0.25) is 0 Å². The first kappa shape index (κ1) is 18.1. The lowest BCUT2D eigenvalue weighted by Crippen LogP contribution is -2.33. The molecule has 0 radical (unpaired) electrons. The molecule has 3 rings (SSSR count). The van der Waals surface area contributed by atoms with Crippen molar-refractivity contribution >= 4 is 17.4 Å². The topological polar surface area (TPSA) is 84.1 Å². The van der Waals surface area contributed by atoms with E-state index in [4.69, 9.17) is 4.74 Å². The molecule has 0 aliphatic heterocycles. The van der Waals surface area contributed by atoms with Crippen molar-refractivity contribution in [2.75, 3.05) is 7.11 Å². The molecule has 1 amide bonds. The Kier molecular flexibility index (Phi) is 5.79. The van der Waals surface area contributed by atoms with Crippen LogP contribution in [-0.2, 0) is 14.3 Å². The summed E-state index contributed by atoms with van der Waals surface area (Å²) in [5.74, 6) is -0.951. The summed E-state index contributed by atoms with van der Waals surface area (Å²) in [7, 11) is 1.29. The standard InChI is InChI=1S/C21H19N3O3/c1-27-21(26)20(16-10-6-3-7-11-16)23-19(25)14-17(18-12-13-22-24-18)15-8-4-2-5-9-15/h2-14,20H,1H3,(H,22,24)(H,23,25). The second-order valence-electron chi connectivity index (χ2n) is 5.77. The van der Waals surface area contributed by atoms with E-state index in [1.54, 1.807) is 36.5 Å². The van der Waals surface area contributed by atoms with Gasteiger partial charge in [0.2, 0.25) is 5.91 Å². The highest BCUT2D eigenvalue weighted by molar-refractivity contribution is 6.00. The maximum absolute atomic E-state index is 12.7. The zero-order valence-electron chi connectivity index (χ0n) is 14.8. The number of hydrogen-bond donors (Lipinski definition) is 2. The van der Waals surface area contributed by atoms with Crippen LogP contribution in [0.3, 0.4) is 0 Å². The van der Waals surface area contributed by atoms with Gasteiger partial charge in [-0.15, -0.1) is 0 Å². The molecule has 0 saturated carbocycles. The smallest absolute Gasteiger partial charge is 0.333 e. The first-order valence-corrected chi connectivity index (χ1v) is 8.39. The molecule has 6 heteroatoms. The molecule has 2 N–H and O–H groups in total. The molecule has 1 atom stereocenters. The van der Waals surface area contributed by atoms with Crippen LogP contribution >= 0.6 is 0 Å². The number of carbonyl (C=O) groups excluding carboxylic acids is 2. The minimum atomic E-state index is -0.890. The molecule has 6 nitrogen and oxygen atoms in total. The van der Waals surface area contributed by atoms with Crippen LogP contribution in [0.4, 0.5) is 0 Å². The average molecular weight is 361 g/mol. The minimum absolute atomic E-state index is 0.414. The second kappa shape index (κ2) is 8.62.